The highest BCUT2D eigenvalue weighted by molar-refractivity contribution is 4.56. The zero-order valence-corrected chi connectivity index (χ0v) is 7.93. The molecule has 0 fully saturated rings. The molecule has 0 aliphatic carbocycles. The van der Waals surface area contributed by atoms with Gasteiger partial charge in [-0.3, -0.25) is 0 Å². The Balaban J connectivity index is 1.47. The summed E-state index contributed by atoms with van der Waals surface area (Å²) < 4.78 is 0. The van der Waals surface area contributed by atoms with E-state index >= 15 is 0 Å². The highest BCUT2D eigenvalue weighted by Crippen LogP contribution is 2.00. The lowest BCUT2D eigenvalue weighted by molar-refractivity contribution is 0.205. The van der Waals surface area contributed by atoms with Crippen molar-refractivity contribution < 1.29 is 0 Å². The Morgan fingerprint density at radius 1 is 0.857 bits per heavy atom. The molecule has 2 aliphatic heterocycles. The number of hydrazine groups is 2. The number of nitrogens with one attached hydrogen (secondary N) is 2. The van der Waals surface area contributed by atoms with Crippen molar-refractivity contribution in [1.29, 1.82) is 0 Å². The molecular weight excluding hydrogens is 184 g/mol. The second kappa shape index (κ2) is 4.82. The van der Waals surface area contributed by atoms with Crippen LogP contribution in [0.4, 0.5) is 0 Å². The van der Waals surface area contributed by atoms with Crippen molar-refractivity contribution in [2.75, 3.05) is 26.4 Å². The van der Waals surface area contributed by atoms with E-state index in [0.29, 0.717) is 13.3 Å². The molecule has 0 bridgehead atoms. The fourth-order valence-corrected chi connectivity index (χ4v) is 1.32. The molecule has 0 saturated carbocycles. The van der Waals surface area contributed by atoms with Crippen LogP contribution in [0.15, 0.2) is 20.7 Å². The van der Waals surface area contributed by atoms with Gasteiger partial charge in [-0.25, -0.2) is 11.1 Å². The average molecular weight is 198 g/mol. The molecule has 0 aromatic carbocycles. The van der Waals surface area contributed by atoms with Gasteiger partial charge in [0.15, 0.2) is 0 Å². The SMILES string of the molecule is C(CCN1CN=NN1)CN1CN=NN1. The van der Waals surface area contributed by atoms with Crippen molar-refractivity contribution in [1.82, 2.24) is 21.1 Å². The van der Waals surface area contributed by atoms with E-state index in [1.807, 2.05) is 10.0 Å². The summed E-state index contributed by atoms with van der Waals surface area (Å²) in [6, 6.07) is 0. The molecular formula is C6H14N8. The topological polar surface area (TPSA) is 80.0 Å². The first kappa shape index (κ1) is 9.28. The van der Waals surface area contributed by atoms with Gasteiger partial charge in [0.05, 0.1) is 0 Å². The van der Waals surface area contributed by atoms with Gasteiger partial charge >= 0.3 is 0 Å². The van der Waals surface area contributed by atoms with Crippen molar-refractivity contribution >= 4 is 0 Å². The van der Waals surface area contributed by atoms with Gasteiger partial charge in [0, 0.05) is 13.1 Å². The van der Waals surface area contributed by atoms with Crippen LogP contribution in [0.25, 0.3) is 0 Å². The molecule has 8 nitrogen and oxygen atoms in total. The zero-order chi connectivity index (χ0) is 9.64. The van der Waals surface area contributed by atoms with Crippen LogP contribution in [-0.2, 0) is 0 Å². The monoisotopic (exact) mass is 198 g/mol. The summed E-state index contributed by atoms with van der Waals surface area (Å²) in [5.74, 6) is 0. The maximum atomic E-state index is 3.81. The summed E-state index contributed by atoms with van der Waals surface area (Å²) in [5, 5.41) is 18.9. The predicted octanol–water partition coefficient (Wildman–Crippen LogP) is 0.0564. The Hall–Kier alpha value is -1.28. The smallest absolute Gasteiger partial charge is 0.133 e. The number of rotatable bonds is 5. The normalized spacial score (nSPS) is 21.4. The Morgan fingerprint density at radius 3 is 1.71 bits per heavy atom. The Labute approximate surface area is 81.9 Å². The standard InChI is InChI=1S/C6H14N8/c1(3-13-5-7-9-11-13)2-4-14-6-8-10-12-14/h1-6H2,(H,7,11)(H,8,12). The molecule has 2 rings (SSSR count). The summed E-state index contributed by atoms with van der Waals surface area (Å²) in [4.78, 5) is 0. The Bertz CT molecular complexity index is 186. The van der Waals surface area contributed by atoms with E-state index in [1.165, 1.54) is 0 Å². The number of hydrogen-bond acceptors (Lipinski definition) is 8. The molecule has 2 heterocycles. The molecule has 78 valence electrons. The lowest BCUT2D eigenvalue weighted by Gasteiger charge is -2.14. The van der Waals surface area contributed by atoms with Gasteiger partial charge in [-0.1, -0.05) is 10.4 Å². The van der Waals surface area contributed by atoms with Crippen molar-refractivity contribution in [2.24, 2.45) is 20.7 Å². The van der Waals surface area contributed by atoms with E-state index in [-0.39, 0.29) is 0 Å². The summed E-state index contributed by atoms with van der Waals surface area (Å²) in [6.45, 7) is 3.25. The van der Waals surface area contributed by atoms with Gasteiger partial charge in [-0.15, -0.1) is 0 Å². The van der Waals surface area contributed by atoms with Gasteiger partial charge in [-0.05, 0) is 12.8 Å². The van der Waals surface area contributed by atoms with Crippen LogP contribution in [-0.4, -0.2) is 36.4 Å². The quantitative estimate of drug-likeness (QED) is 0.612. The van der Waals surface area contributed by atoms with Gasteiger partial charge in [0.25, 0.3) is 0 Å². The van der Waals surface area contributed by atoms with Gasteiger partial charge in [0.1, 0.15) is 13.3 Å². The largest absolute Gasteiger partial charge is 0.220 e. The third-order valence-corrected chi connectivity index (χ3v) is 2.09. The molecule has 0 saturated heterocycles. The molecule has 0 spiro atoms. The lowest BCUT2D eigenvalue weighted by Crippen LogP contribution is -2.33. The number of hydrogen-bond donors (Lipinski definition) is 2. The third-order valence-electron chi connectivity index (χ3n) is 2.09. The van der Waals surface area contributed by atoms with Crippen molar-refractivity contribution in [3.63, 3.8) is 0 Å². The van der Waals surface area contributed by atoms with Gasteiger partial charge in [0.2, 0.25) is 0 Å². The van der Waals surface area contributed by atoms with Gasteiger partial charge < -0.3 is 0 Å². The van der Waals surface area contributed by atoms with E-state index in [2.05, 4.69) is 31.7 Å². The van der Waals surface area contributed by atoms with Crippen molar-refractivity contribution in [3.05, 3.63) is 0 Å². The first-order valence-corrected chi connectivity index (χ1v) is 4.69. The maximum Gasteiger partial charge on any atom is 0.133 e. The number of unbranched alkanes of at least 4 members (excludes halogenated alkanes) is 1. The molecule has 0 radical (unpaired) electrons. The Kier molecular flexibility index (Phi) is 3.19. The predicted molar refractivity (Wildman–Crippen MR) is 48.4 cm³/mol. The van der Waals surface area contributed by atoms with Crippen molar-refractivity contribution in [3.8, 4) is 0 Å². The van der Waals surface area contributed by atoms with E-state index in [0.717, 1.165) is 25.9 Å². The summed E-state index contributed by atoms with van der Waals surface area (Å²) in [7, 11) is 0. The fourth-order valence-electron chi connectivity index (χ4n) is 1.32. The van der Waals surface area contributed by atoms with Crippen LogP contribution in [0.3, 0.4) is 0 Å². The lowest BCUT2D eigenvalue weighted by atomic mass is 10.3. The van der Waals surface area contributed by atoms with E-state index in [1.54, 1.807) is 0 Å². The fraction of sp³-hybridized carbons (Fsp3) is 1.00. The molecule has 0 aromatic heterocycles. The minimum absolute atomic E-state index is 0.659. The van der Waals surface area contributed by atoms with Crippen LogP contribution in [0, 0.1) is 0 Å². The van der Waals surface area contributed by atoms with Crippen LogP contribution >= 0.6 is 0 Å². The van der Waals surface area contributed by atoms with Crippen molar-refractivity contribution in [2.45, 2.75) is 12.8 Å². The molecule has 0 unspecified atom stereocenters. The third kappa shape index (κ3) is 2.60. The molecule has 8 heteroatoms. The molecule has 14 heavy (non-hydrogen) atoms. The summed E-state index contributed by atoms with van der Waals surface area (Å²) >= 11 is 0. The van der Waals surface area contributed by atoms with E-state index in [4.69, 9.17) is 0 Å². The minimum atomic E-state index is 0.659. The first-order valence-electron chi connectivity index (χ1n) is 4.69. The molecule has 0 aromatic rings. The van der Waals surface area contributed by atoms with E-state index < -0.39 is 0 Å². The second-order valence-corrected chi connectivity index (χ2v) is 3.20. The second-order valence-electron chi connectivity index (χ2n) is 3.20. The van der Waals surface area contributed by atoms with Crippen LogP contribution in [0.1, 0.15) is 12.8 Å². The first-order chi connectivity index (χ1) is 6.95. The number of nitrogens with zero attached hydrogens (tertiary/aromatic N) is 6. The average Bonchev–Trinajstić information content (AvgIpc) is 2.86. The molecule has 0 amide bonds. The molecule has 0 atom stereocenters. The summed E-state index contributed by atoms with van der Waals surface area (Å²) in [5.41, 5.74) is 5.62. The maximum absolute atomic E-state index is 3.81. The van der Waals surface area contributed by atoms with Crippen LogP contribution in [0.2, 0.25) is 0 Å². The highest BCUT2D eigenvalue weighted by atomic mass is 15.8. The molecule has 2 aliphatic rings. The highest BCUT2D eigenvalue weighted by Gasteiger charge is 2.09. The van der Waals surface area contributed by atoms with Crippen LogP contribution < -0.4 is 11.1 Å². The van der Waals surface area contributed by atoms with Crippen LogP contribution in [0.5, 0.6) is 0 Å². The van der Waals surface area contributed by atoms with Gasteiger partial charge in [-0.2, -0.15) is 20.2 Å². The zero-order valence-electron chi connectivity index (χ0n) is 7.93. The van der Waals surface area contributed by atoms with E-state index in [9.17, 15) is 0 Å². The molecule has 2 N–H and O–H groups in total. The Morgan fingerprint density at radius 2 is 1.36 bits per heavy atom. The summed E-state index contributed by atoms with van der Waals surface area (Å²) in [6.07, 6.45) is 2.21. The minimum Gasteiger partial charge on any atom is -0.220 e.